The summed E-state index contributed by atoms with van der Waals surface area (Å²) in [5.74, 6) is 0.765. The van der Waals surface area contributed by atoms with Gasteiger partial charge in [-0.25, -0.2) is 4.98 Å². The van der Waals surface area contributed by atoms with E-state index < -0.39 is 0 Å². The van der Waals surface area contributed by atoms with Gasteiger partial charge in [0.25, 0.3) is 5.91 Å². The SMILES string of the molecule is COc1ccc(Nc2nc(C(=O)N(C)C3Cc4ccccc4C3)cs2)cc1. The van der Waals surface area contributed by atoms with Crippen molar-refractivity contribution < 1.29 is 9.53 Å². The van der Waals surface area contributed by atoms with Gasteiger partial charge >= 0.3 is 0 Å². The van der Waals surface area contributed by atoms with Crippen molar-refractivity contribution in [2.24, 2.45) is 0 Å². The second kappa shape index (κ2) is 7.40. The van der Waals surface area contributed by atoms with Gasteiger partial charge in [-0.2, -0.15) is 0 Å². The number of hydrogen-bond acceptors (Lipinski definition) is 5. The zero-order chi connectivity index (χ0) is 18.8. The van der Waals surface area contributed by atoms with Crippen molar-refractivity contribution >= 4 is 28.1 Å². The summed E-state index contributed by atoms with van der Waals surface area (Å²) in [6, 6.07) is 16.2. The Hall–Kier alpha value is -2.86. The molecule has 0 unspecified atom stereocenters. The van der Waals surface area contributed by atoms with Crippen LogP contribution in [0.2, 0.25) is 0 Å². The number of nitrogens with one attached hydrogen (secondary N) is 1. The molecule has 0 spiro atoms. The van der Waals surface area contributed by atoms with Gasteiger partial charge in [0.15, 0.2) is 5.13 Å². The smallest absolute Gasteiger partial charge is 0.273 e. The zero-order valence-electron chi connectivity index (χ0n) is 15.3. The molecule has 0 saturated carbocycles. The summed E-state index contributed by atoms with van der Waals surface area (Å²) < 4.78 is 5.16. The highest BCUT2D eigenvalue weighted by molar-refractivity contribution is 7.14. The van der Waals surface area contributed by atoms with Crippen LogP contribution in [0.5, 0.6) is 5.75 Å². The Balaban J connectivity index is 1.42. The summed E-state index contributed by atoms with van der Waals surface area (Å²) >= 11 is 1.43. The Morgan fingerprint density at radius 3 is 2.44 bits per heavy atom. The van der Waals surface area contributed by atoms with Gasteiger partial charge in [-0.05, 0) is 48.2 Å². The lowest BCUT2D eigenvalue weighted by Crippen LogP contribution is -2.37. The molecule has 0 saturated heterocycles. The first kappa shape index (κ1) is 17.5. The first-order valence-electron chi connectivity index (χ1n) is 8.84. The molecule has 1 heterocycles. The molecule has 3 aromatic rings. The van der Waals surface area contributed by atoms with Crippen LogP contribution in [-0.2, 0) is 12.8 Å². The number of benzene rings is 2. The highest BCUT2D eigenvalue weighted by Gasteiger charge is 2.28. The molecule has 1 aliphatic rings. The maximum Gasteiger partial charge on any atom is 0.273 e. The number of methoxy groups -OCH3 is 1. The largest absolute Gasteiger partial charge is 0.497 e. The number of fused-ring (bicyclic) bond motifs is 1. The molecule has 1 aliphatic carbocycles. The van der Waals surface area contributed by atoms with Crippen LogP contribution in [0.25, 0.3) is 0 Å². The molecule has 0 atom stereocenters. The highest BCUT2D eigenvalue weighted by Crippen LogP contribution is 2.27. The molecule has 0 fully saturated rings. The van der Waals surface area contributed by atoms with Gasteiger partial charge in [0.1, 0.15) is 11.4 Å². The number of carbonyl (C=O) groups is 1. The lowest BCUT2D eigenvalue weighted by atomic mass is 10.1. The van der Waals surface area contributed by atoms with Crippen molar-refractivity contribution in [3.63, 3.8) is 0 Å². The van der Waals surface area contributed by atoms with Crippen molar-refractivity contribution in [3.8, 4) is 5.75 Å². The normalized spacial score (nSPS) is 13.3. The maximum absolute atomic E-state index is 12.9. The summed E-state index contributed by atoms with van der Waals surface area (Å²) in [5, 5.41) is 5.75. The number of aromatic nitrogens is 1. The monoisotopic (exact) mass is 379 g/mol. The molecule has 4 rings (SSSR count). The van der Waals surface area contributed by atoms with Crippen LogP contribution in [0.4, 0.5) is 10.8 Å². The zero-order valence-corrected chi connectivity index (χ0v) is 16.1. The topological polar surface area (TPSA) is 54.5 Å². The number of thiazole rings is 1. The summed E-state index contributed by atoms with van der Waals surface area (Å²) in [4.78, 5) is 19.2. The summed E-state index contributed by atoms with van der Waals surface area (Å²) in [5.41, 5.74) is 4.06. The molecule has 1 aromatic heterocycles. The summed E-state index contributed by atoms with van der Waals surface area (Å²) in [6.45, 7) is 0. The molecule has 6 heteroatoms. The number of anilines is 2. The number of nitrogens with zero attached hydrogens (tertiary/aromatic N) is 2. The number of likely N-dealkylation sites (N-methyl/N-ethyl adjacent to an activating group) is 1. The second-order valence-corrected chi connectivity index (χ2v) is 7.50. The van der Waals surface area contributed by atoms with Gasteiger partial charge in [-0.15, -0.1) is 11.3 Å². The molecule has 0 radical (unpaired) electrons. The first-order chi connectivity index (χ1) is 13.1. The van der Waals surface area contributed by atoms with E-state index >= 15 is 0 Å². The van der Waals surface area contributed by atoms with Crippen LogP contribution < -0.4 is 10.1 Å². The Labute approximate surface area is 162 Å². The van der Waals surface area contributed by atoms with Crippen molar-refractivity contribution in [2.75, 3.05) is 19.5 Å². The maximum atomic E-state index is 12.9. The predicted molar refractivity (Wildman–Crippen MR) is 108 cm³/mol. The van der Waals surface area contributed by atoms with Crippen LogP contribution >= 0.6 is 11.3 Å². The molecule has 27 heavy (non-hydrogen) atoms. The van der Waals surface area contributed by atoms with Gasteiger partial charge in [0.2, 0.25) is 0 Å². The Morgan fingerprint density at radius 2 is 1.81 bits per heavy atom. The number of ether oxygens (including phenoxy) is 1. The van der Waals surface area contributed by atoms with E-state index in [1.807, 2.05) is 41.6 Å². The minimum Gasteiger partial charge on any atom is -0.497 e. The third-order valence-corrected chi connectivity index (χ3v) is 5.72. The fourth-order valence-electron chi connectivity index (χ4n) is 3.38. The third-order valence-electron chi connectivity index (χ3n) is 4.96. The molecule has 138 valence electrons. The number of carbonyl (C=O) groups excluding carboxylic acids is 1. The van der Waals surface area contributed by atoms with Crippen molar-refractivity contribution in [3.05, 3.63) is 70.7 Å². The summed E-state index contributed by atoms with van der Waals surface area (Å²) in [6.07, 6.45) is 1.80. The van der Waals surface area contributed by atoms with E-state index in [2.05, 4.69) is 34.6 Å². The molecule has 0 aliphatic heterocycles. The van der Waals surface area contributed by atoms with Gasteiger partial charge in [-0.1, -0.05) is 24.3 Å². The van der Waals surface area contributed by atoms with Crippen LogP contribution in [-0.4, -0.2) is 36.0 Å². The van der Waals surface area contributed by atoms with E-state index in [0.717, 1.165) is 24.3 Å². The van der Waals surface area contributed by atoms with Crippen molar-refractivity contribution in [2.45, 2.75) is 18.9 Å². The quantitative estimate of drug-likeness (QED) is 0.724. The van der Waals surface area contributed by atoms with E-state index in [9.17, 15) is 4.79 Å². The van der Waals surface area contributed by atoms with E-state index in [0.29, 0.717) is 10.8 Å². The predicted octanol–water partition coefficient (Wildman–Crippen LogP) is 4.13. The molecular weight excluding hydrogens is 358 g/mol. The van der Waals surface area contributed by atoms with Crippen LogP contribution in [0, 0.1) is 0 Å². The van der Waals surface area contributed by atoms with Crippen LogP contribution in [0.3, 0.4) is 0 Å². The average Bonchev–Trinajstić information content (AvgIpc) is 3.34. The first-order valence-corrected chi connectivity index (χ1v) is 9.72. The molecular formula is C21H21N3O2S. The molecule has 0 bridgehead atoms. The number of amides is 1. The summed E-state index contributed by atoms with van der Waals surface area (Å²) in [7, 11) is 3.51. The Bertz CT molecular complexity index is 927. The molecule has 5 nitrogen and oxygen atoms in total. The standard InChI is InChI=1S/C21H21N3O2S/c1-24(17-11-14-5-3-4-6-15(14)12-17)20(25)19-13-27-21(23-19)22-16-7-9-18(26-2)10-8-16/h3-10,13,17H,11-12H2,1-2H3,(H,22,23). The average molecular weight is 379 g/mol. The fraction of sp³-hybridized carbons (Fsp3) is 0.238. The lowest BCUT2D eigenvalue weighted by Gasteiger charge is -2.23. The lowest BCUT2D eigenvalue weighted by molar-refractivity contribution is 0.0732. The molecule has 1 N–H and O–H groups in total. The van der Waals surface area contributed by atoms with Gasteiger partial charge < -0.3 is 15.0 Å². The van der Waals surface area contributed by atoms with Gasteiger partial charge in [-0.3, -0.25) is 4.79 Å². The number of hydrogen-bond donors (Lipinski definition) is 1. The molecule has 2 aromatic carbocycles. The number of rotatable bonds is 5. The van der Waals surface area contributed by atoms with Gasteiger partial charge in [0, 0.05) is 24.2 Å². The van der Waals surface area contributed by atoms with Crippen molar-refractivity contribution in [1.82, 2.24) is 9.88 Å². The Morgan fingerprint density at radius 1 is 1.15 bits per heavy atom. The third kappa shape index (κ3) is 3.66. The Kier molecular flexibility index (Phi) is 4.81. The van der Waals surface area contributed by atoms with Gasteiger partial charge in [0.05, 0.1) is 7.11 Å². The second-order valence-electron chi connectivity index (χ2n) is 6.64. The highest BCUT2D eigenvalue weighted by atomic mass is 32.1. The van der Waals surface area contributed by atoms with Crippen molar-refractivity contribution in [1.29, 1.82) is 0 Å². The van der Waals surface area contributed by atoms with E-state index in [1.54, 1.807) is 7.11 Å². The minimum absolute atomic E-state index is 0.0353. The van der Waals surface area contributed by atoms with Crippen LogP contribution in [0.15, 0.2) is 53.9 Å². The minimum atomic E-state index is -0.0353. The fourth-order valence-corrected chi connectivity index (χ4v) is 4.09. The van der Waals surface area contributed by atoms with E-state index in [1.165, 1.54) is 22.5 Å². The van der Waals surface area contributed by atoms with E-state index in [4.69, 9.17) is 4.74 Å². The van der Waals surface area contributed by atoms with E-state index in [-0.39, 0.29) is 11.9 Å². The molecule has 1 amide bonds. The van der Waals surface area contributed by atoms with Crippen LogP contribution in [0.1, 0.15) is 21.6 Å².